The molecule has 6 heteroatoms. The minimum atomic E-state index is -0.820. The topological polar surface area (TPSA) is 87.3 Å². The highest BCUT2D eigenvalue weighted by Gasteiger charge is 2.26. The van der Waals surface area contributed by atoms with E-state index in [1.807, 2.05) is 0 Å². The highest BCUT2D eigenvalue weighted by atomic mass is 16.2. The molecule has 2 fully saturated rings. The van der Waals surface area contributed by atoms with E-state index in [-0.39, 0.29) is 17.9 Å². The van der Waals surface area contributed by atoms with Crippen LogP contribution in [0.2, 0.25) is 0 Å². The molecule has 1 saturated heterocycles. The lowest BCUT2D eigenvalue weighted by Gasteiger charge is -2.23. The minimum absolute atomic E-state index is 0.0796. The maximum absolute atomic E-state index is 11.9. The van der Waals surface area contributed by atoms with Crippen LogP contribution >= 0.6 is 0 Å². The molecule has 0 aromatic heterocycles. The van der Waals surface area contributed by atoms with Crippen LogP contribution in [0.4, 0.5) is 0 Å². The van der Waals surface area contributed by atoms with Crippen molar-refractivity contribution < 1.29 is 14.4 Å². The summed E-state index contributed by atoms with van der Waals surface area (Å²) in [5.74, 6) is -1.99. The Hall–Kier alpha value is -1.43. The Morgan fingerprint density at radius 3 is 2.15 bits per heavy atom. The van der Waals surface area contributed by atoms with Crippen LogP contribution in [0.25, 0.3) is 0 Å². The summed E-state index contributed by atoms with van der Waals surface area (Å²) < 4.78 is 0. The molecule has 1 aliphatic carbocycles. The summed E-state index contributed by atoms with van der Waals surface area (Å²) in [5, 5.41) is 8.09. The zero-order chi connectivity index (χ0) is 14.4. The van der Waals surface area contributed by atoms with Crippen molar-refractivity contribution in [3.05, 3.63) is 0 Å². The van der Waals surface area contributed by atoms with E-state index in [9.17, 15) is 14.4 Å². The van der Waals surface area contributed by atoms with Crippen LogP contribution in [0.15, 0.2) is 0 Å². The number of amides is 3. The van der Waals surface area contributed by atoms with Crippen LogP contribution < -0.4 is 16.0 Å². The lowest BCUT2D eigenvalue weighted by molar-refractivity contribution is -0.143. The maximum atomic E-state index is 11.9. The fourth-order valence-electron chi connectivity index (χ4n) is 2.85. The summed E-state index contributed by atoms with van der Waals surface area (Å²) in [7, 11) is 0. The smallest absolute Gasteiger partial charge is 0.315 e. The summed E-state index contributed by atoms with van der Waals surface area (Å²) >= 11 is 0. The molecular formula is C14H23N3O3. The van der Waals surface area contributed by atoms with Gasteiger partial charge in [-0.1, -0.05) is 19.3 Å². The molecule has 3 amide bonds. The average molecular weight is 281 g/mol. The molecule has 0 bridgehead atoms. The van der Waals surface area contributed by atoms with Gasteiger partial charge in [0.15, 0.2) is 0 Å². The number of carbonyl (C=O) groups is 3. The summed E-state index contributed by atoms with van der Waals surface area (Å²) in [6.45, 7) is 1.56. The van der Waals surface area contributed by atoms with Gasteiger partial charge in [0.05, 0.1) is 0 Å². The molecule has 0 unspecified atom stereocenters. The van der Waals surface area contributed by atoms with E-state index in [1.165, 1.54) is 6.42 Å². The number of nitrogens with one attached hydrogen (secondary N) is 3. The van der Waals surface area contributed by atoms with Gasteiger partial charge in [0.25, 0.3) is 0 Å². The van der Waals surface area contributed by atoms with Gasteiger partial charge in [0, 0.05) is 12.0 Å². The fourth-order valence-corrected chi connectivity index (χ4v) is 2.85. The van der Waals surface area contributed by atoms with E-state index in [4.69, 9.17) is 0 Å². The predicted molar refractivity (Wildman–Crippen MR) is 73.8 cm³/mol. The first-order valence-corrected chi connectivity index (χ1v) is 7.53. The largest absolute Gasteiger partial charge is 0.345 e. The van der Waals surface area contributed by atoms with Gasteiger partial charge < -0.3 is 10.6 Å². The van der Waals surface area contributed by atoms with Crippen molar-refractivity contribution in [2.45, 2.75) is 51.0 Å². The van der Waals surface area contributed by atoms with Crippen LogP contribution in [0.1, 0.15) is 44.9 Å². The van der Waals surface area contributed by atoms with Crippen molar-refractivity contribution in [3.8, 4) is 0 Å². The van der Waals surface area contributed by atoms with Crippen LogP contribution in [-0.2, 0) is 14.4 Å². The summed E-state index contributed by atoms with van der Waals surface area (Å²) in [6, 6.07) is 0.0796. The SMILES string of the molecule is O=C(NC(=O)C1CCNCC1)C(=O)NC1CCCCC1. The molecule has 20 heavy (non-hydrogen) atoms. The first kappa shape index (κ1) is 15.0. The van der Waals surface area contributed by atoms with Gasteiger partial charge in [-0.15, -0.1) is 0 Å². The Morgan fingerprint density at radius 1 is 0.850 bits per heavy atom. The highest BCUT2D eigenvalue weighted by Crippen LogP contribution is 2.17. The van der Waals surface area contributed by atoms with Crippen LogP contribution in [0.5, 0.6) is 0 Å². The molecule has 0 spiro atoms. The van der Waals surface area contributed by atoms with Gasteiger partial charge in [0.1, 0.15) is 0 Å². The molecule has 2 rings (SSSR count). The van der Waals surface area contributed by atoms with E-state index < -0.39 is 11.8 Å². The Kier molecular flexibility index (Phi) is 5.52. The Morgan fingerprint density at radius 2 is 1.50 bits per heavy atom. The van der Waals surface area contributed by atoms with Crippen molar-refractivity contribution in [1.82, 2.24) is 16.0 Å². The van der Waals surface area contributed by atoms with Crippen molar-refractivity contribution in [2.24, 2.45) is 5.92 Å². The predicted octanol–water partition coefficient (Wildman–Crippen LogP) is 0.0777. The number of imide groups is 1. The quantitative estimate of drug-likeness (QED) is 0.625. The van der Waals surface area contributed by atoms with Gasteiger partial charge in [-0.3, -0.25) is 19.7 Å². The first-order valence-electron chi connectivity index (χ1n) is 7.53. The summed E-state index contributed by atoms with van der Waals surface area (Å²) in [4.78, 5) is 35.3. The van der Waals surface area contributed by atoms with E-state index in [2.05, 4.69) is 16.0 Å². The fraction of sp³-hybridized carbons (Fsp3) is 0.786. The van der Waals surface area contributed by atoms with Crippen molar-refractivity contribution in [3.63, 3.8) is 0 Å². The van der Waals surface area contributed by atoms with Gasteiger partial charge in [-0.25, -0.2) is 0 Å². The van der Waals surface area contributed by atoms with E-state index in [0.717, 1.165) is 38.8 Å². The van der Waals surface area contributed by atoms with E-state index in [1.54, 1.807) is 0 Å². The zero-order valence-electron chi connectivity index (χ0n) is 11.7. The Balaban J connectivity index is 1.75. The lowest BCUT2D eigenvalue weighted by Crippen LogP contribution is -2.49. The number of hydrogen-bond acceptors (Lipinski definition) is 4. The normalized spacial score (nSPS) is 21.2. The van der Waals surface area contributed by atoms with E-state index in [0.29, 0.717) is 12.8 Å². The van der Waals surface area contributed by atoms with Gasteiger partial charge >= 0.3 is 11.8 Å². The molecule has 0 aromatic rings. The monoisotopic (exact) mass is 281 g/mol. The van der Waals surface area contributed by atoms with Crippen molar-refractivity contribution >= 4 is 17.7 Å². The summed E-state index contributed by atoms with van der Waals surface area (Å²) in [6.07, 6.45) is 6.61. The number of rotatable bonds is 2. The molecule has 0 aromatic carbocycles. The highest BCUT2D eigenvalue weighted by molar-refractivity contribution is 6.37. The third kappa shape index (κ3) is 4.30. The Bertz CT molecular complexity index is 372. The molecule has 2 aliphatic rings. The molecule has 0 radical (unpaired) electrons. The second-order valence-corrected chi connectivity index (χ2v) is 5.65. The van der Waals surface area contributed by atoms with Crippen LogP contribution in [0.3, 0.4) is 0 Å². The average Bonchev–Trinajstić information content (AvgIpc) is 2.49. The molecule has 1 heterocycles. The third-order valence-electron chi connectivity index (χ3n) is 4.09. The van der Waals surface area contributed by atoms with E-state index >= 15 is 0 Å². The summed E-state index contributed by atoms with van der Waals surface area (Å²) in [5.41, 5.74) is 0. The molecule has 0 atom stereocenters. The van der Waals surface area contributed by atoms with Crippen LogP contribution in [0, 0.1) is 5.92 Å². The molecule has 112 valence electrons. The second kappa shape index (κ2) is 7.38. The number of carbonyl (C=O) groups excluding carboxylic acids is 3. The van der Waals surface area contributed by atoms with Gasteiger partial charge in [0.2, 0.25) is 5.91 Å². The molecular weight excluding hydrogens is 258 g/mol. The molecule has 6 nitrogen and oxygen atoms in total. The van der Waals surface area contributed by atoms with Crippen molar-refractivity contribution in [1.29, 1.82) is 0 Å². The number of hydrogen-bond donors (Lipinski definition) is 3. The third-order valence-corrected chi connectivity index (χ3v) is 4.09. The zero-order valence-corrected chi connectivity index (χ0v) is 11.7. The first-order chi connectivity index (χ1) is 9.66. The number of piperidine rings is 1. The Labute approximate surface area is 119 Å². The second-order valence-electron chi connectivity index (χ2n) is 5.65. The van der Waals surface area contributed by atoms with Crippen molar-refractivity contribution in [2.75, 3.05) is 13.1 Å². The lowest BCUT2D eigenvalue weighted by atomic mass is 9.95. The molecule has 1 saturated carbocycles. The van der Waals surface area contributed by atoms with Crippen LogP contribution in [-0.4, -0.2) is 36.9 Å². The maximum Gasteiger partial charge on any atom is 0.315 e. The van der Waals surface area contributed by atoms with Gasteiger partial charge in [-0.05, 0) is 38.8 Å². The molecule has 3 N–H and O–H groups in total. The minimum Gasteiger partial charge on any atom is -0.345 e. The van der Waals surface area contributed by atoms with Gasteiger partial charge in [-0.2, -0.15) is 0 Å². The standard InChI is InChI=1S/C14H23N3O3/c18-12(10-6-8-15-9-7-10)17-14(20)13(19)16-11-4-2-1-3-5-11/h10-11,15H,1-9H2,(H,16,19)(H,17,18,20). The molecule has 1 aliphatic heterocycles.